The van der Waals surface area contributed by atoms with Crippen LogP contribution in [0.2, 0.25) is 0 Å². The van der Waals surface area contributed by atoms with Crippen LogP contribution in [0.5, 0.6) is 0 Å². The van der Waals surface area contributed by atoms with Crippen LogP contribution in [0.4, 0.5) is 0 Å². The standard InChI is InChI=1S/C11H19NOS/c1-4-10(11-6-5-7-13-11)12-9(2)8-14-3/h5-7,9-10,12H,4,8H2,1-3H3. The SMILES string of the molecule is CCC(NC(C)CSC)c1ccco1. The Hall–Kier alpha value is -0.410. The van der Waals surface area contributed by atoms with E-state index in [1.165, 1.54) is 0 Å². The van der Waals surface area contributed by atoms with Crippen molar-refractivity contribution in [3.63, 3.8) is 0 Å². The predicted octanol–water partition coefficient (Wildman–Crippen LogP) is 3.07. The molecule has 0 fully saturated rings. The first-order valence-corrected chi connectivity index (χ1v) is 6.45. The second kappa shape index (κ2) is 6.14. The van der Waals surface area contributed by atoms with Crippen molar-refractivity contribution in [3.05, 3.63) is 24.2 Å². The minimum atomic E-state index is 0.354. The minimum absolute atomic E-state index is 0.354. The molecule has 0 saturated carbocycles. The Morgan fingerprint density at radius 2 is 2.36 bits per heavy atom. The molecule has 1 N–H and O–H groups in total. The number of rotatable bonds is 6. The topological polar surface area (TPSA) is 25.2 Å². The van der Waals surface area contributed by atoms with E-state index in [1.54, 1.807) is 6.26 Å². The van der Waals surface area contributed by atoms with Gasteiger partial charge in [0.05, 0.1) is 12.3 Å². The molecular weight excluding hydrogens is 194 g/mol. The van der Waals surface area contributed by atoms with Crippen LogP contribution in [0.3, 0.4) is 0 Å². The summed E-state index contributed by atoms with van der Waals surface area (Å²) < 4.78 is 5.40. The fourth-order valence-corrected chi connectivity index (χ4v) is 2.13. The van der Waals surface area contributed by atoms with Crippen LogP contribution in [-0.4, -0.2) is 18.1 Å². The van der Waals surface area contributed by atoms with Gasteiger partial charge in [-0.25, -0.2) is 0 Å². The molecular formula is C11H19NOS. The van der Waals surface area contributed by atoms with Crippen LogP contribution in [0.1, 0.15) is 32.1 Å². The molecule has 2 atom stereocenters. The zero-order chi connectivity index (χ0) is 10.4. The fourth-order valence-electron chi connectivity index (χ4n) is 1.53. The second-order valence-corrected chi connectivity index (χ2v) is 4.41. The van der Waals surface area contributed by atoms with Crippen LogP contribution < -0.4 is 5.32 Å². The molecule has 0 spiro atoms. The number of furan rings is 1. The van der Waals surface area contributed by atoms with Gasteiger partial charge in [0.2, 0.25) is 0 Å². The Balaban J connectivity index is 2.47. The molecule has 1 heterocycles. The molecule has 2 nitrogen and oxygen atoms in total. The average Bonchev–Trinajstić information content (AvgIpc) is 2.67. The number of hydrogen-bond donors (Lipinski definition) is 1. The van der Waals surface area contributed by atoms with Crippen molar-refractivity contribution >= 4 is 11.8 Å². The molecule has 2 unspecified atom stereocenters. The van der Waals surface area contributed by atoms with E-state index >= 15 is 0 Å². The lowest BCUT2D eigenvalue weighted by atomic mass is 10.1. The Bertz CT molecular complexity index is 235. The van der Waals surface area contributed by atoms with Crippen molar-refractivity contribution < 1.29 is 4.42 Å². The maximum absolute atomic E-state index is 5.40. The maximum atomic E-state index is 5.40. The molecule has 1 aromatic rings. The lowest BCUT2D eigenvalue weighted by Gasteiger charge is -2.19. The lowest BCUT2D eigenvalue weighted by Crippen LogP contribution is -2.31. The van der Waals surface area contributed by atoms with Gasteiger partial charge >= 0.3 is 0 Å². The van der Waals surface area contributed by atoms with E-state index in [4.69, 9.17) is 4.42 Å². The molecule has 0 aromatic carbocycles. The molecule has 1 rings (SSSR count). The van der Waals surface area contributed by atoms with Crippen molar-refractivity contribution in [3.8, 4) is 0 Å². The normalized spacial score (nSPS) is 15.4. The molecule has 3 heteroatoms. The van der Waals surface area contributed by atoms with Gasteiger partial charge in [0.15, 0.2) is 0 Å². The first-order valence-electron chi connectivity index (χ1n) is 5.06. The molecule has 0 radical (unpaired) electrons. The maximum Gasteiger partial charge on any atom is 0.120 e. The van der Waals surface area contributed by atoms with Crippen LogP contribution in [-0.2, 0) is 0 Å². The highest BCUT2D eigenvalue weighted by Crippen LogP contribution is 2.17. The van der Waals surface area contributed by atoms with Gasteiger partial charge in [-0.1, -0.05) is 6.92 Å². The minimum Gasteiger partial charge on any atom is -0.468 e. The van der Waals surface area contributed by atoms with Gasteiger partial charge in [0.25, 0.3) is 0 Å². The largest absolute Gasteiger partial charge is 0.468 e. The zero-order valence-electron chi connectivity index (χ0n) is 9.12. The van der Waals surface area contributed by atoms with Crippen LogP contribution in [0, 0.1) is 0 Å². The molecule has 0 aliphatic rings. The van der Waals surface area contributed by atoms with Crippen molar-refractivity contribution in [1.82, 2.24) is 5.32 Å². The monoisotopic (exact) mass is 213 g/mol. The number of hydrogen-bond acceptors (Lipinski definition) is 3. The van der Waals surface area contributed by atoms with Gasteiger partial charge in [-0.3, -0.25) is 0 Å². The molecule has 0 bridgehead atoms. The Morgan fingerprint density at radius 1 is 1.57 bits per heavy atom. The third-order valence-corrected chi connectivity index (χ3v) is 3.03. The highest BCUT2D eigenvalue weighted by atomic mass is 32.2. The summed E-state index contributed by atoms with van der Waals surface area (Å²) in [5.74, 6) is 2.18. The summed E-state index contributed by atoms with van der Waals surface area (Å²) >= 11 is 1.87. The summed E-state index contributed by atoms with van der Waals surface area (Å²) in [5, 5.41) is 3.56. The molecule has 80 valence electrons. The fraction of sp³-hybridized carbons (Fsp3) is 0.636. The molecule has 0 saturated heterocycles. The molecule has 0 amide bonds. The van der Waals surface area contributed by atoms with Gasteiger partial charge in [-0.2, -0.15) is 11.8 Å². The van der Waals surface area contributed by atoms with Crippen molar-refractivity contribution in [2.45, 2.75) is 32.4 Å². The molecule has 14 heavy (non-hydrogen) atoms. The van der Waals surface area contributed by atoms with Gasteiger partial charge in [-0.15, -0.1) is 0 Å². The summed E-state index contributed by atoms with van der Waals surface area (Å²) in [6.45, 7) is 4.38. The smallest absolute Gasteiger partial charge is 0.120 e. The second-order valence-electron chi connectivity index (χ2n) is 3.50. The van der Waals surface area contributed by atoms with E-state index in [2.05, 4.69) is 25.4 Å². The highest BCUT2D eigenvalue weighted by Gasteiger charge is 2.13. The molecule has 0 aliphatic carbocycles. The summed E-state index contributed by atoms with van der Waals surface area (Å²) in [4.78, 5) is 0. The van der Waals surface area contributed by atoms with E-state index in [0.29, 0.717) is 12.1 Å². The van der Waals surface area contributed by atoms with Crippen LogP contribution in [0.25, 0.3) is 0 Å². The Morgan fingerprint density at radius 3 is 2.86 bits per heavy atom. The first-order chi connectivity index (χ1) is 6.77. The summed E-state index contributed by atoms with van der Waals surface area (Å²) in [5.41, 5.74) is 0. The van der Waals surface area contributed by atoms with E-state index in [-0.39, 0.29) is 0 Å². The van der Waals surface area contributed by atoms with Crippen molar-refractivity contribution in [2.24, 2.45) is 0 Å². The molecule has 1 aromatic heterocycles. The van der Waals surface area contributed by atoms with Gasteiger partial charge in [-0.05, 0) is 31.7 Å². The third kappa shape index (κ3) is 3.39. The van der Waals surface area contributed by atoms with Crippen molar-refractivity contribution in [2.75, 3.05) is 12.0 Å². The predicted molar refractivity (Wildman–Crippen MR) is 62.7 cm³/mol. The van der Waals surface area contributed by atoms with E-state index in [9.17, 15) is 0 Å². The average molecular weight is 213 g/mol. The van der Waals surface area contributed by atoms with Crippen LogP contribution in [0.15, 0.2) is 22.8 Å². The summed E-state index contributed by atoms with van der Waals surface area (Å²) in [6.07, 6.45) is 4.93. The van der Waals surface area contributed by atoms with E-state index in [1.807, 2.05) is 23.9 Å². The Kier molecular flexibility index (Phi) is 5.12. The third-order valence-electron chi connectivity index (χ3n) is 2.20. The summed E-state index contributed by atoms with van der Waals surface area (Å²) in [7, 11) is 0. The molecule has 0 aliphatic heterocycles. The quantitative estimate of drug-likeness (QED) is 0.786. The summed E-state index contributed by atoms with van der Waals surface area (Å²) in [6, 6.07) is 4.86. The van der Waals surface area contributed by atoms with E-state index in [0.717, 1.165) is 17.9 Å². The van der Waals surface area contributed by atoms with Crippen molar-refractivity contribution in [1.29, 1.82) is 0 Å². The van der Waals surface area contributed by atoms with Gasteiger partial charge in [0.1, 0.15) is 5.76 Å². The lowest BCUT2D eigenvalue weighted by molar-refractivity contribution is 0.383. The van der Waals surface area contributed by atoms with Gasteiger partial charge in [0, 0.05) is 11.8 Å². The zero-order valence-corrected chi connectivity index (χ0v) is 9.93. The first kappa shape index (κ1) is 11.7. The number of nitrogens with one attached hydrogen (secondary N) is 1. The van der Waals surface area contributed by atoms with Crippen LogP contribution >= 0.6 is 11.8 Å². The number of thioether (sulfide) groups is 1. The van der Waals surface area contributed by atoms with E-state index < -0.39 is 0 Å². The Labute approximate surface area is 90.5 Å². The van der Waals surface area contributed by atoms with Gasteiger partial charge < -0.3 is 9.73 Å². The highest BCUT2D eigenvalue weighted by molar-refractivity contribution is 7.98.